The Bertz CT molecular complexity index is 552. The van der Waals surface area contributed by atoms with E-state index in [2.05, 4.69) is 67.4 Å². The highest BCUT2D eigenvalue weighted by Crippen LogP contribution is 2.20. The van der Waals surface area contributed by atoms with Gasteiger partial charge in [0.25, 0.3) is 0 Å². The zero-order chi connectivity index (χ0) is 15.1. The van der Waals surface area contributed by atoms with Gasteiger partial charge in [0.1, 0.15) is 5.84 Å². The van der Waals surface area contributed by atoms with Crippen LogP contribution in [0.4, 0.5) is 0 Å². The zero-order valence-corrected chi connectivity index (χ0v) is 12.9. The molecule has 2 unspecified atom stereocenters. The van der Waals surface area contributed by atoms with Crippen molar-refractivity contribution in [3.05, 3.63) is 72.5 Å². The molecule has 0 aromatic heterocycles. The quantitative estimate of drug-likeness (QED) is 0.636. The number of allylic oxidation sites excluding steroid dienone is 4. The Kier molecular flexibility index (Phi) is 5.56. The molecular formula is C19H24N2. The minimum atomic E-state index is 0.308. The molecule has 21 heavy (non-hydrogen) atoms. The third kappa shape index (κ3) is 4.75. The molecule has 110 valence electrons. The first-order valence-electron chi connectivity index (χ1n) is 7.52. The predicted octanol–water partition coefficient (Wildman–Crippen LogP) is 4.13. The number of nitrogens with one attached hydrogen (secondary N) is 1. The molecule has 1 aliphatic rings. The van der Waals surface area contributed by atoms with E-state index >= 15 is 0 Å². The Morgan fingerprint density at radius 1 is 1.19 bits per heavy atom. The van der Waals surface area contributed by atoms with Crippen LogP contribution in [0.2, 0.25) is 0 Å². The molecule has 2 heteroatoms. The first kappa shape index (κ1) is 15.3. The first-order chi connectivity index (χ1) is 10.2. The normalized spacial score (nSPS) is 21.3. The van der Waals surface area contributed by atoms with Gasteiger partial charge in [0.15, 0.2) is 0 Å². The third-order valence-corrected chi connectivity index (χ3v) is 3.59. The Morgan fingerprint density at radius 3 is 2.57 bits per heavy atom. The summed E-state index contributed by atoms with van der Waals surface area (Å²) < 4.78 is 0. The second-order valence-corrected chi connectivity index (χ2v) is 5.56. The Balaban J connectivity index is 2.05. The van der Waals surface area contributed by atoms with Crippen molar-refractivity contribution in [3.8, 4) is 0 Å². The summed E-state index contributed by atoms with van der Waals surface area (Å²) in [5.74, 6) is 1.78. The number of aliphatic imine (C=N–C) groups is 1. The maximum atomic E-state index is 4.79. The van der Waals surface area contributed by atoms with Gasteiger partial charge in [0.05, 0.1) is 0 Å². The van der Waals surface area contributed by atoms with Crippen molar-refractivity contribution < 1.29 is 0 Å². The molecule has 0 heterocycles. The zero-order valence-electron chi connectivity index (χ0n) is 12.9. The fraction of sp³-hybridized carbons (Fsp3) is 0.316. The van der Waals surface area contributed by atoms with Crippen LogP contribution in [0.1, 0.15) is 19.4 Å². The van der Waals surface area contributed by atoms with E-state index < -0.39 is 0 Å². The highest BCUT2D eigenvalue weighted by Gasteiger charge is 2.20. The van der Waals surface area contributed by atoms with Gasteiger partial charge in [-0.05, 0) is 24.8 Å². The van der Waals surface area contributed by atoms with Crippen molar-refractivity contribution in [3.63, 3.8) is 0 Å². The number of benzene rings is 1. The van der Waals surface area contributed by atoms with Crippen LogP contribution < -0.4 is 5.32 Å². The molecule has 0 spiro atoms. The average Bonchev–Trinajstić information content (AvgIpc) is 2.47. The lowest BCUT2D eigenvalue weighted by atomic mass is 9.89. The Labute approximate surface area is 128 Å². The van der Waals surface area contributed by atoms with Crippen LogP contribution in [-0.2, 0) is 6.42 Å². The molecule has 1 aromatic carbocycles. The lowest BCUT2D eigenvalue weighted by Crippen LogP contribution is -2.32. The number of nitrogens with zero attached hydrogens (tertiary/aromatic N) is 1. The molecule has 2 atom stereocenters. The van der Waals surface area contributed by atoms with E-state index in [9.17, 15) is 0 Å². The van der Waals surface area contributed by atoms with Crippen molar-refractivity contribution in [2.24, 2.45) is 16.8 Å². The van der Waals surface area contributed by atoms with Gasteiger partial charge in [-0.1, -0.05) is 68.1 Å². The molecular weight excluding hydrogens is 256 g/mol. The molecule has 0 amide bonds. The monoisotopic (exact) mass is 280 g/mol. The van der Waals surface area contributed by atoms with Crippen LogP contribution in [0.5, 0.6) is 0 Å². The lowest BCUT2D eigenvalue weighted by molar-refractivity contribution is 0.619. The van der Waals surface area contributed by atoms with E-state index in [-0.39, 0.29) is 0 Å². The largest absolute Gasteiger partial charge is 0.348 e. The van der Waals surface area contributed by atoms with Crippen molar-refractivity contribution in [1.29, 1.82) is 0 Å². The van der Waals surface area contributed by atoms with Crippen LogP contribution in [0, 0.1) is 11.8 Å². The van der Waals surface area contributed by atoms with Crippen molar-refractivity contribution in [2.75, 3.05) is 6.54 Å². The number of hydrogen-bond donors (Lipinski definition) is 1. The molecule has 0 bridgehead atoms. The summed E-state index contributed by atoms with van der Waals surface area (Å²) in [4.78, 5) is 4.79. The molecule has 0 radical (unpaired) electrons. The number of hydrogen-bond acceptors (Lipinski definition) is 1. The van der Waals surface area contributed by atoms with Crippen LogP contribution in [0.25, 0.3) is 0 Å². The molecule has 0 fully saturated rings. The van der Waals surface area contributed by atoms with Gasteiger partial charge in [-0.15, -0.1) is 0 Å². The molecule has 0 saturated carbocycles. The summed E-state index contributed by atoms with van der Waals surface area (Å²) >= 11 is 0. The van der Waals surface area contributed by atoms with E-state index in [4.69, 9.17) is 4.99 Å². The minimum Gasteiger partial charge on any atom is -0.348 e. The Hall–Kier alpha value is -2.09. The van der Waals surface area contributed by atoms with Crippen molar-refractivity contribution in [1.82, 2.24) is 5.32 Å². The molecule has 2 nitrogen and oxygen atoms in total. The van der Waals surface area contributed by atoms with E-state index in [1.165, 1.54) is 5.56 Å². The summed E-state index contributed by atoms with van der Waals surface area (Å²) in [5.41, 5.74) is 2.26. The van der Waals surface area contributed by atoms with Crippen LogP contribution in [0.3, 0.4) is 0 Å². The molecule has 0 saturated heterocycles. The lowest BCUT2D eigenvalue weighted by Gasteiger charge is -2.23. The average molecular weight is 280 g/mol. The van der Waals surface area contributed by atoms with E-state index in [0.29, 0.717) is 11.8 Å². The molecule has 1 N–H and O–H groups in total. The van der Waals surface area contributed by atoms with Gasteiger partial charge in [0, 0.05) is 18.2 Å². The fourth-order valence-corrected chi connectivity index (χ4v) is 2.46. The highest BCUT2D eigenvalue weighted by molar-refractivity contribution is 5.88. The first-order valence-corrected chi connectivity index (χ1v) is 7.52. The third-order valence-electron chi connectivity index (χ3n) is 3.59. The molecule has 1 aromatic rings. The molecule has 0 aliphatic heterocycles. The van der Waals surface area contributed by atoms with Crippen molar-refractivity contribution >= 4 is 5.84 Å². The van der Waals surface area contributed by atoms with E-state index in [1.807, 2.05) is 13.0 Å². The summed E-state index contributed by atoms with van der Waals surface area (Å²) in [6, 6.07) is 10.5. The summed E-state index contributed by atoms with van der Waals surface area (Å²) in [6.45, 7) is 8.93. The van der Waals surface area contributed by atoms with Gasteiger partial charge in [0.2, 0.25) is 0 Å². The van der Waals surface area contributed by atoms with Gasteiger partial charge < -0.3 is 5.32 Å². The van der Waals surface area contributed by atoms with Gasteiger partial charge in [-0.3, -0.25) is 4.99 Å². The highest BCUT2D eigenvalue weighted by atomic mass is 15.0. The molecule has 1 aliphatic carbocycles. The van der Waals surface area contributed by atoms with Crippen molar-refractivity contribution in [2.45, 2.75) is 20.3 Å². The Morgan fingerprint density at radius 2 is 1.90 bits per heavy atom. The number of amidine groups is 1. The van der Waals surface area contributed by atoms with Gasteiger partial charge >= 0.3 is 0 Å². The molecule has 2 rings (SSSR count). The van der Waals surface area contributed by atoms with E-state index in [1.54, 1.807) is 0 Å². The summed E-state index contributed by atoms with van der Waals surface area (Å²) in [7, 11) is 0. The number of rotatable bonds is 5. The topological polar surface area (TPSA) is 24.4 Å². The smallest absolute Gasteiger partial charge is 0.108 e. The van der Waals surface area contributed by atoms with Crippen LogP contribution >= 0.6 is 0 Å². The second-order valence-electron chi connectivity index (χ2n) is 5.56. The van der Waals surface area contributed by atoms with Crippen LogP contribution in [0.15, 0.2) is 71.9 Å². The second kappa shape index (κ2) is 7.63. The predicted molar refractivity (Wildman–Crippen MR) is 91.3 cm³/mol. The van der Waals surface area contributed by atoms with E-state index in [0.717, 1.165) is 24.5 Å². The van der Waals surface area contributed by atoms with Crippen LogP contribution in [-0.4, -0.2) is 12.4 Å². The maximum absolute atomic E-state index is 4.79. The maximum Gasteiger partial charge on any atom is 0.108 e. The fourth-order valence-electron chi connectivity index (χ4n) is 2.46. The SMILES string of the molecule is C=C(C)NC(=NCCc1ccccc1)C1C=CC=CC1C. The van der Waals surface area contributed by atoms with Gasteiger partial charge in [-0.25, -0.2) is 0 Å². The summed E-state index contributed by atoms with van der Waals surface area (Å²) in [5, 5.41) is 3.34. The standard InChI is InChI=1S/C19H24N2/c1-15(2)21-19(18-12-8-7-9-16(18)3)20-14-13-17-10-5-4-6-11-17/h4-12,16,18H,1,13-14H2,2-3H3,(H,20,21). The van der Waals surface area contributed by atoms with Gasteiger partial charge in [-0.2, -0.15) is 0 Å². The minimum absolute atomic E-state index is 0.308. The summed E-state index contributed by atoms with van der Waals surface area (Å²) in [6.07, 6.45) is 9.59.